The molecular formula is C15H21N3O3S. The number of hydrogen-bond acceptors (Lipinski definition) is 4. The van der Waals surface area contributed by atoms with Crippen LogP contribution in [0.2, 0.25) is 0 Å². The van der Waals surface area contributed by atoms with Crippen LogP contribution in [0.3, 0.4) is 0 Å². The van der Waals surface area contributed by atoms with Crippen molar-refractivity contribution in [2.24, 2.45) is 0 Å². The predicted molar refractivity (Wildman–Crippen MR) is 84.3 cm³/mol. The molecular weight excluding hydrogens is 302 g/mol. The summed E-state index contributed by atoms with van der Waals surface area (Å²) in [6.45, 7) is 3.31. The Hall–Kier alpha value is -1.44. The number of likely N-dealkylation sites (N-methyl/N-ethyl adjacent to an activating group) is 1. The smallest absolute Gasteiger partial charge is 0.245 e. The second-order valence-corrected chi connectivity index (χ2v) is 7.84. The minimum Gasteiger partial charge on any atom is -0.309 e. The molecule has 2 aliphatic rings. The summed E-state index contributed by atoms with van der Waals surface area (Å²) in [5, 5.41) is 0. The van der Waals surface area contributed by atoms with E-state index in [-0.39, 0.29) is 17.3 Å². The van der Waals surface area contributed by atoms with Crippen molar-refractivity contribution in [3.63, 3.8) is 0 Å². The molecule has 3 rings (SSSR count). The number of para-hydroxylation sites is 1. The van der Waals surface area contributed by atoms with E-state index in [1.54, 1.807) is 29.2 Å². The van der Waals surface area contributed by atoms with E-state index in [0.717, 1.165) is 23.9 Å². The third kappa shape index (κ3) is 2.76. The molecule has 0 radical (unpaired) electrons. The number of fused-ring (bicyclic) bond motifs is 1. The number of carbonyl (C=O) groups excluding carboxylic acids is 1. The van der Waals surface area contributed by atoms with Gasteiger partial charge < -0.3 is 9.80 Å². The monoisotopic (exact) mass is 323 g/mol. The third-order valence-electron chi connectivity index (χ3n) is 4.34. The number of benzene rings is 1. The van der Waals surface area contributed by atoms with Gasteiger partial charge in [0.1, 0.15) is 4.90 Å². The van der Waals surface area contributed by atoms with Crippen LogP contribution in [0.1, 0.15) is 12.8 Å². The van der Waals surface area contributed by atoms with Crippen molar-refractivity contribution in [3.8, 4) is 0 Å². The first-order chi connectivity index (χ1) is 10.5. The number of sulfonamides is 1. The molecule has 0 aromatic heterocycles. The summed E-state index contributed by atoms with van der Waals surface area (Å²) < 4.78 is 26.2. The van der Waals surface area contributed by atoms with E-state index in [4.69, 9.17) is 0 Å². The topological polar surface area (TPSA) is 60.9 Å². The molecule has 1 fully saturated rings. The van der Waals surface area contributed by atoms with Gasteiger partial charge in [0.05, 0.1) is 12.2 Å². The number of carbonyl (C=O) groups is 1. The summed E-state index contributed by atoms with van der Waals surface area (Å²) >= 11 is 0. The van der Waals surface area contributed by atoms with Crippen molar-refractivity contribution in [3.05, 3.63) is 24.3 Å². The minimum atomic E-state index is -3.60. The van der Waals surface area contributed by atoms with E-state index in [1.165, 1.54) is 19.9 Å². The van der Waals surface area contributed by atoms with Gasteiger partial charge in [-0.1, -0.05) is 12.1 Å². The number of rotatable bonds is 3. The quantitative estimate of drug-likeness (QED) is 0.823. The van der Waals surface area contributed by atoms with Gasteiger partial charge in [0, 0.05) is 20.1 Å². The van der Waals surface area contributed by atoms with Crippen LogP contribution in [-0.2, 0) is 14.8 Å². The van der Waals surface area contributed by atoms with Gasteiger partial charge in [0.25, 0.3) is 0 Å². The second-order valence-electron chi connectivity index (χ2n) is 5.82. The number of amides is 1. The summed E-state index contributed by atoms with van der Waals surface area (Å²) in [5.41, 5.74) is 0.496. The van der Waals surface area contributed by atoms with Crippen LogP contribution >= 0.6 is 0 Å². The van der Waals surface area contributed by atoms with E-state index in [2.05, 4.69) is 4.90 Å². The van der Waals surface area contributed by atoms with Crippen molar-refractivity contribution in [2.45, 2.75) is 17.7 Å². The molecule has 22 heavy (non-hydrogen) atoms. The molecule has 1 amide bonds. The molecule has 0 N–H and O–H groups in total. The van der Waals surface area contributed by atoms with Crippen LogP contribution in [-0.4, -0.2) is 63.3 Å². The molecule has 0 spiro atoms. The molecule has 1 aromatic carbocycles. The molecule has 0 bridgehead atoms. The van der Waals surface area contributed by atoms with Crippen molar-refractivity contribution < 1.29 is 13.2 Å². The summed E-state index contributed by atoms with van der Waals surface area (Å²) in [4.78, 5) is 16.6. The standard InChI is InChI=1S/C15H21N3O3S/c1-16-12-15(19)18(11-10-17-8-4-5-9-17)13-6-2-3-7-14(13)22(16,20)21/h2-3,6-7H,4-5,8-12H2,1H3. The zero-order valence-corrected chi connectivity index (χ0v) is 13.6. The number of likely N-dealkylation sites (tertiary alicyclic amines) is 1. The Morgan fingerprint density at radius 3 is 2.50 bits per heavy atom. The normalized spacial score (nSPS) is 22.6. The highest BCUT2D eigenvalue weighted by atomic mass is 32.2. The summed E-state index contributed by atoms with van der Waals surface area (Å²) in [6, 6.07) is 6.75. The third-order valence-corrected chi connectivity index (χ3v) is 6.19. The molecule has 7 heteroatoms. The van der Waals surface area contributed by atoms with Crippen LogP contribution in [0.5, 0.6) is 0 Å². The number of anilines is 1. The van der Waals surface area contributed by atoms with Crippen molar-refractivity contribution in [1.82, 2.24) is 9.21 Å². The van der Waals surface area contributed by atoms with Crippen LogP contribution in [0.4, 0.5) is 5.69 Å². The molecule has 0 aliphatic carbocycles. The van der Waals surface area contributed by atoms with Crippen LogP contribution in [0, 0.1) is 0 Å². The molecule has 0 atom stereocenters. The van der Waals surface area contributed by atoms with Crippen molar-refractivity contribution in [1.29, 1.82) is 0 Å². The fraction of sp³-hybridized carbons (Fsp3) is 0.533. The van der Waals surface area contributed by atoms with Gasteiger partial charge >= 0.3 is 0 Å². The van der Waals surface area contributed by atoms with Gasteiger partial charge in [0.15, 0.2) is 0 Å². The average molecular weight is 323 g/mol. The predicted octanol–water partition coefficient (Wildman–Crippen LogP) is 0.749. The van der Waals surface area contributed by atoms with Crippen LogP contribution < -0.4 is 4.90 Å². The lowest BCUT2D eigenvalue weighted by molar-refractivity contribution is -0.118. The Kier molecular flexibility index (Phi) is 4.20. The Balaban J connectivity index is 1.92. The maximum atomic E-state index is 12.5. The molecule has 0 saturated carbocycles. The minimum absolute atomic E-state index is 0.114. The SMILES string of the molecule is CN1CC(=O)N(CCN2CCCC2)c2ccccc2S1(=O)=O. The molecule has 120 valence electrons. The van der Waals surface area contributed by atoms with E-state index >= 15 is 0 Å². The Morgan fingerprint density at radius 2 is 1.77 bits per heavy atom. The van der Waals surface area contributed by atoms with E-state index in [1.807, 2.05) is 0 Å². The first-order valence-corrected chi connectivity index (χ1v) is 9.02. The molecule has 0 unspecified atom stereocenters. The van der Waals surface area contributed by atoms with E-state index < -0.39 is 10.0 Å². The lowest BCUT2D eigenvalue weighted by Crippen LogP contribution is -2.41. The van der Waals surface area contributed by atoms with Gasteiger partial charge in [-0.2, -0.15) is 4.31 Å². The highest BCUT2D eigenvalue weighted by molar-refractivity contribution is 7.89. The van der Waals surface area contributed by atoms with Gasteiger partial charge in [-0.25, -0.2) is 8.42 Å². The maximum absolute atomic E-state index is 12.5. The van der Waals surface area contributed by atoms with Gasteiger partial charge in [-0.15, -0.1) is 0 Å². The van der Waals surface area contributed by atoms with Crippen LogP contribution in [0.25, 0.3) is 0 Å². The molecule has 1 saturated heterocycles. The van der Waals surface area contributed by atoms with E-state index in [9.17, 15) is 13.2 Å². The highest BCUT2D eigenvalue weighted by Crippen LogP contribution is 2.30. The molecule has 1 aromatic rings. The largest absolute Gasteiger partial charge is 0.309 e. The Labute approximate surface area is 131 Å². The van der Waals surface area contributed by atoms with E-state index in [0.29, 0.717) is 12.2 Å². The first kappa shape index (κ1) is 15.5. The van der Waals surface area contributed by atoms with Gasteiger partial charge in [0.2, 0.25) is 15.9 Å². The molecule has 2 heterocycles. The fourth-order valence-electron chi connectivity index (χ4n) is 3.05. The highest BCUT2D eigenvalue weighted by Gasteiger charge is 2.34. The van der Waals surface area contributed by atoms with Crippen molar-refractivity contribution >= 4 is 21.6 Å². The van der Waals surface area contributed by atoms with Gasteiger partial charge in [-0.3, -0.25) is 4.79 Å². The zero-order chi connectivity index (χ0) is 15.7. The number of nitrogens with zero attached hydrogens (tertiary/aromatic N) is 3. The molecule has 2 aliphatic heterocycles. The first-order valence-electron chi connectivity index (χ1n) is 7.58. The fourth-order valence-corrected chi connectivity index (χ4v) is 4.36. The van der Waals surface area contributed by atoms with Crippen LogP contribution in [0.15, 0.2) is 29.2 Å². The van der Waals surface area contributed by atoms with Crippen molar-refractivity contribution in [2.75, 3.05) is 44.7 Å². The molecule has 6 nitrogen and oxygen atoms in total. The lowest BCUT2D eigenvalue weighted by atomic mass is 10.2. The summed E-state index contributed by atoms with van der Waals surface area (Å²) in [6.07, 6.45) is 2.39. The summed E-state index contributed by atoms with van der Waals surface area (Å²) in [5.74, 6) is -0.171. The average Bonchev–Trinajstić information content (AvgIpc) is 2.98. The lowest BCUT2D eigenvalue weighted by Gasteiger charge is -2.25. The summed E-state index contributed by atoms with van der Waals surface area (Å²) in [7, 11) is -2.15. The Bertz CT molecular complexity index is 668. The second kappa shape index (κ2) is 5.98. The maximum Gasteiger partial charge on any atom is 0.245 e. The Morgan fingerprint density at radius 1 is 1.09 bits per heavy atom. The zero-order valence-electron chi connectivity index (χ0n) is 12.7. The van der Waals surface area contributed by atoms with Gasteiger partial charge in [-0.05, 0) is 38.1 Å². The number of hydrogen-bond donors (Lipinski definition) is 0.